The summed E-state index contributed by atoms with van der Waals surface area (Å²) in [5.41, 5.74) is 0. The highest BCUT2D eigenvalue weighted by Crippen LogP contribution is 2.15. The van der Waals surface area contributed by atoms with Gasteiger partial charge in [-0.2, -0.15) is 5.26 Å². The third-order valence-corrected chi connectivity index (χ3v) is 3.42. The van der Waals surface area contributed by atoms with E-state index < -0.39 is 0 Å². The molecule has 0 aromatic rings. The Labute approximate surface area is 116 Å². The summed E-state index contributed by atoms with van der Waals surface area (Å²) in [5.74, 6) is 1.39. The SMILES string of the molecule is CC(C)CNCC1CCN(CC(=O)NCC#N)CC1. The molecule has 1 amide bonds. The molecule has 1 fully saturated rings. The van der Waals surface area contributed by atoms with Crippen LogP contribution in [0.25, 0.3) is 0 Å². The standard InChI is InChI=1S/C14H26N4O/c1-12(2)9-16-10-13-3-7-18(8-4-13)11-14(19)17-6-5-15/h12-13,16H,3-4,6-11H2,1-2H3,(H,17,19). The maximum atomic E-state index is 11.5. The Morgan fingerprint density at radius 2 is 2.11 bits per heavy atom. The van der Waals surface area contributed by atoms with E-state index in [1.807, 2.05) is 6.07 Å². The Kier molecular flexibility index (Phi) is 7.46. The number of amides is 1. The average molecular weight is 266 g/mol. The van der Waals surface area contributed by atoms with Gasteiger partial charge in [0, 0.05) is 0 Å². The molecule has 0 atom stereocenters. The first-order valence-corrected chi connectivity index (χ1v) is 7.18. The second-order valence-corrected chi connectivity index (χ2v) is 5.71. The Bertz CT molecular complexity index is 303. The topological polar surface area (TPSA) is 68.2 Å². The van der Waals surface area contributed by atoms with Crippen LogP contribution in [-0.4, -0.2) is 50.1 Å². The van der Waals surface area contributed by atoms with Crippen molar-refractivity contribution in [2.75, 3.05) is 39.3 Å². The largest absolute Gasteiger partial charge is 0.342 e. The van der Waals surface area contributed by atoms with Crippen molar-refractivity contribution in [3.63, 3.8) is 0 Å². The highest BCUT2D eigenvalue weighted by molar-refractivity contribution is 5.78. The van der Waals surface area contributed by atoms with Crippen LogP contribution in [0.1, 0.15) is 26.7 Å². The van der Waals surface area contributed by atoms with Crippen LogP contribution in [0.2, 0.25) is 0 Å². The zero-order chi connectivity index (χ0) is 14.1. The lowest BCUT2D eigenvalue weighted by Gasteiger charge is -2.31. The number of rotatable bonds is 7. The Morgan fingerprint density at radius 3 is 2.68 bits per heavy atom. The Hall–Kier alpha value is -1.12. The number of hydrogen-bond donors (Lipinski definition) is 2. The summed E-state index contributed by atoms with van der Waals surface area (Å²) < 4.78 is 0. The monoisotopic (exact) mass is 266 g/mol. The van der Waals surface area contributed by atoms with Crippen LogP contribution in [0.4, 0.5) is 0 Å². The van der Waals surface area contributed by atoms with Gasteiger partial charge < -0.3 is 10.6 Å². The molecule has 5 heteroatoms. The quantitative estimate of drug-likeness (QED) is 0.662. The second kappa shape index (κ2) is 8.89. The Morgan fingerprint density at radius 1 is 1.42 bits per heavy atom. The van der Waals surface area contributed by atoms with E-state index in [4.69, 9.17) is 5.26 Å². The number of carbonyl (C=O) groups is 1. The van der Waals surface area contributed by atoms with Crippen LogP contribution in [-0.2, 0) is 4.79 Å². The van der Waals surface area contributed by atoms with E-state index >= 15 is 0 Å². The van der Waals surface area contributed by atoms with E-state index in [0.717, 1.165) is 44.9 Å². The van der Waals surface area contributed by atoms with Crippen molar-refractivity contribution in [1.82, 2.24) is 15.5 Å². The summed E-state index contributed by atoms with van der Waals surface area (Å²) in [7, 11) is 0. The van der Waals surface area contributed by atoms with Gasteiger partial charge in [-0.1, -0.05) is 13.8 Å². The molecule has 1 saturated heterocycles. The van der Waals surface area contributed by atoms with Crippen LogP contribution in [0.5, 0.6) is 0 Å². The summed E-state index contributed by atoms with van der Waals surface area (Å²) in [6.07, 6.45) is 2.30. The van der Waals surface area contributed by atoms with Crippen LogP contribution in [0.3, 0.4) is 0 Å². The first kappa shape index (κ1) is 15.9. The molecular weight excluding hydrogens is 240 g/mol. The van der Waals surface area contributed by atoms with Crippen molar-refractivity contribution >= 4 is 5.91 Å². The molecule has 0 radical (unpaired) electrons. The van der Waals surface area contributed by atoms with Crippen molar-refractivity contribution in [3.05, 3.63) is 0 Å². The van der Waals surface area contributed by atoms with Crippen LogP contribution in [0.15, 0.2) is 0 Å². The van der Waals surface area contributed by atoms with Crippen molar-refractivity contribution in [1.29, 1.82) is 5.26 Å². The first-order valence-electron chi connectivity index (χ1n) is 7.18. The van der Waals surface area contributed by atoms with Gasteiger partial charge >= 0.3 is 0 Å². The maximum absolute atomic E-state index is 11.5. The molecule has 0 aliphatic carbocycles. The molecule has 108 valence electrons. The minimum atomic E-state index is -0.0436. The molecule has 1 heterocycles. The summed E-state index contributed by atoms with van der Waals surface area (Å²) in [6, 6.07) is 1.92. The lowest BCUT2D eigenvalue weighted by molar-refractivity contribution is -0.122. The van der Waals surface area contributed by atoms with Crippen molar-refractivity contribution < 1.29 is 4.79 Å². The third-order valence-electron chi connectivity index (χ3n) is 3.42. The van der Waals surface area contributed by atoms with Gasteiger partial charge in [-0.3, -0.25) is 9.69 Å². The molecule has 5 nitrogen and oxygen atoms in total. The normalized spacial score (nSPS) is 17.4. The minimum Gasteiger partial charge on any atom is -0.342 e. The molecule has 0 aromatic heterocycles. The molecule has 1 aliphatic rings. The number of piperidine rings is 1. The fourth-order valence-electron chi connectivity index (χ4n) is 2.32. The molecule has 19 heavy (non-hydrogen) atoms. The van der Waals surface area contributed by atoms with Gasteiger partial charge in [-0.25, -0.2) is 0 Å². The predicted molar refractivity (Wildman–Crippen MR) is 75.5 cm³/mol. The van der Waals surface area contributed by atoms with E-state index in [-0.39, 0.29) is 12.5 Å². The van der Waals surface area contributed by atoms with Gasteiger partial charge in [0.2, 0.25) is 5.91 Å². The third kappa shape index (κ3) is 7.14. The van der Waals surface area contributed by atoms with Gasteiger partial charge in [0.15, 0.2) is 0 Å². The molecule has 0 spiro atoms. The van der Waals surface area contributed by atoms with Gasteiger partial charge in [-0.05, 0) is 50.9 Å². The van der Waals surface area contributed by atoms with E-state index in [0.29, 0.717) is 12.5 Å². The van der Waals surface area contributed by atoms with E-state index in [1.165, 1.54) is 0 Å². The molecule has 0 unspecified atom stereocenters. The van der Waals surface area contributed by atoms with Gasteiger partial charge in [0.1, 0.15) is 6.54 Å². The number of carbonyl (C=O) groups excluding carboxylic acids is 1. The predicted octanol–water partition coefficient (Wildman–Crippen LogP) is 0.584. The van der Waals surface area contributed by atoms with Crippen LogP contribution >= 0.6 is 0 Å². The molecular formula is C14H26N4O. The number of nitrogens with one attached hydrogen (secondary N) is 2. The molecule has 2 N–H and O–H groups in total. The summed E-state index contributed by atoms with van der Waals surface area (Å²) in [5, 5.41) is 14.5. The molecule has 1 rings (SSSR count). The number of nitrogens with zero attached hydrogens (tertiary/aromatic N) is 2. The van der Waals surface area contributed by atoms with Gasteiger partial charge in [0.25, 0.3) is 0 Å². The second-order valence-electron chi connectivity index (χ2n) is 5.71. The smallest absolute Gasteiger partial charge is 0.235 e. The lowest BCUT2D eigenvalue weighted by Crippen LogP contribution is -2.43. The lowest BCUT2D eigenvalue weighted by atomic mass is 9.96. The molecule has 0 aromatic carbocycles. The van der Waals surface area contributed by atoms with Crippen LogP contribution < -0.4 is 10.6 Å². The summed E-state index contributed by atoms with van der Waals surface area (Å²) in [4.78, 5) is 13.7. The maximum Gasteiger partial charge on any atom is 0.235 e. The first-order chi connectivity index (χ1) is 9.11. The number of nitriles is 1. The highest BCUT2D eigenvalue weighted by Gasteiger charge is 2.20. The zero-order valence-corrected chi connectivity index (χ0v) is 12.1. The van der Waals surface area contributed by atoms with Crippen molar-refractivity contribution in [2.24, 2.45) is 11.8 Å². The van der Waals surface area contributed by atoms with Gasteiger partial charge in [0.05, 0.1) is 12.6 Å². The van der Waals surface area contributed by atoms with Gasteiger partial charge in [-0.15, -0.1) is 0 Å². The van der Waals surface area contributed by atoms with Crippen molar-refractivity contribution in [3.8, 4) is 6.07 Å². The van der Waals surface area contributed by atoms with Crippen LogP contribution in [0, 0.1) is 23.2 Å². The molecule has 0 saturated carbocycles. The van der Waals surface area contributed by atoms with E-state index in [2.05, 4.69) is 29.4 Å². The number of hydrogen-bond acceptors (Lipinski definition) is 4. The molecule has 1 aliphatic heterocycles. The number of likely N-dealkylation sites (tertiary alicyclic amines) is 1. The fourth-order valence-corrected chi connectivity index (χ4v) is 2.32. The summed E-state index contributed by atoms with van der Waals surface area (Å²) in [6.45, 7) is 9.10. The van der Waals surface area contributed by atoms with Crippen molar-refractivity contribution in [2.45, 2.75) is 26.7 Å². The average Bonchev–Trinajstić information content (AvgIpc) is 2.38. The Balaban J connectivity index is 2.11. The fraction of sp³-hybridized carbons (Fsp3) is 0.857. The molecule has 0 bridgehead atoms. The summed E-state index contributed by atoms with van der Waals surface area (Å²) >= 11 is 0. The minimum absolute atomic E-state index is 0.0436. The highest BCUT2D eigenvalue weighted by atomic mass is 16.2. The van der Waals surface area contributed by atoms with E-state index in [1.54, 1.807) is 0 Å². The zero-order valence-electron chi connectivity index (χ0n) is 12.1. The van der Waals surface area contributed by atoms with E-state index in [9.17, 15) is 4.79 Å².